The highest BCUT2D eigenvalue weighted by molar-refractivity contribution is 6.31. The first-order valence-corrected chi connectivity index (χ1v) is 9.92. The molecule has 24 heavy (non-hydrogen) atoms. The Morgan fingerprint density at radius 1 is 0.750 bits per heavy atom. The zero-order valence-electron chi connectivity index (χ0n) is 14.7. The topological polar surface area (TPSA) is 0 Å². The number of unbranched alkanes of at least 4 members (excludes halogenated alkanes) is 5. The zero-order valence-corrected chi connectivity index (χ0v) is 16.2. The Balaban J connectivity index is 1.86. The van der Waals surface area contributed by atoms with E-state index in [2.05, 4.69) is 38.1 Å². The first-order chi connectivity index (χ1) is 11.6. The van der Waals surface area contributed by atoms with Crippen LogP contribution in [0.25, 0.3) is 11.1 Å². The van der Waals surface area contributed by atoms with Gasteiger partial charge in [-0.1, -0.05) is 87.7 Å². The smallest absolute Gasteiger partial charge is 0.0409 e. The number of hydrogen-bond donors (Lipinski definition) is 0. The lowest BCUT2D eigenvalue weighted by molar-refractivity contribution is 0.481. The molecule has 0 saturated carbocycles. The number of hydrogen-bond acceptors (Lipinski definition) is 0. The third-order valence-corrected chi connectivity index (χ3v) is 5.94. The van der Waals surface area contributed by atoms with Crippen LogP contribution in [0.2, 0.25) is 10.0 Å². The number of benzene rings is 2. The molecule has 3 rings (SSSR count). The fourth-order valence-electron chi connectivity index (χ4n) is 4.09. The molecule has 0 atom stereocenters. The van der Waals surface area contributed by atoms with Crippen molar-refractivity contribution in [2.75, 3.05) is 0 Å². The summed E-state index contributed by atoms with van der Waals surface area (Å²) < 4.78 is 0. The largest absolute Gasteiger partial charge is 0.0843 e. The van der Waals surface area contributed by atoms with Crippen molar-refractivity contribution in [3.8, 4) is 11.1 Å². The Morgan fingerprint density at radius 2 is 1.25 bits per heavy atom. The maximum Gasteiger partial charge on any atom is 0.0409 e. The van der Waals surface area contributed by atoms with Gasteiger partial charge in [-0.3, -0.25) is 0 Å². The van der Waals surface area contributed by atoms with Crippen molar-refractivity contribution >= 4 is 23.2 Å². The van der Waals surface area contributed by atoms with Gasteiger partial charge in [0.15, 0.2) is 0 Å². The molecule has 2 aromatic rings. The molecule has 2 heteroatoms. The van der Waals surface area contributed by atoms with Crippen LogP contribution in [-0.4, -0.2) is 0 Å². The number of halogens is 2. The third-order valence-electron chi connectivity index (χ3n) is 5.47. The van der Waals surface area contributed by atoms with Gasteiger partial charge in [0, 0.05) is 15.5 Å². The van der Waals surface area contributed by atoms with Crippen molar-refractivity contribution in [2.45, 2.75) is 64.2 Å². The van der Waals surface area contributed by atoms with Gasteiger partial charge in [-0.15, -0.1) is 0 Å². The summed E-state index contributed by atoms with van der Waals surface area (Å²) in [7, 11) is 0. The van der Waals surface area contributed by atoms with Crippen LogP contribution in [0, 0.1) is 0 Å². The highest BCUT2D eigenvalue weighted by Crippen LogP contribution is 2.52. The van der Waals surface area contributed by atoms with Crippen molar-refractivity contribution in [3.05, 3.63) is 57.6 Å². The van der Waals surface area contributed by atoms with Crippen LogP contribution in [0.4, 0.5) is 0 Å². The lowest BCUT2D eigenvalue weighted by Gasteiger charge is -2.28. The predicted octanol–water partition coefficient (Wildman–Crippen LogP) is 8.03. The average molecular weight is 361 g/mol. The second-order valence-corrected chi connectivity index (χ2v) is 8.10. The van der Waals surface area contributed by atoms with Crippen molar-refractivity contribution in [1.82, 2.24) is 0 Å². The fraction of sp³-hybridized carbons (Fsp3) is 0.455. The predicted molar refractivity (Wildman–Crippen MR) is 106 cm³/mol. The molecule has 2 aromatic carbocycles. The van der Waals surface area contributed by atoms with Gasteiger partial charge in [0.05, 0.1) is 0 Å². The Labute approximate surface area is 156 Å². The average Bonchev–Trinajstić information content (AvgIpc) is 2.80. The van der Waals surface area contributed by atoms with Gasteiger partial charge in [-0.05, 0) is 52.9 Å². The molecule has 0 unspecified atom stereocenters. The van der Waals surface area contributed by atoms with E-state index in [0.29, 0.717) is 0 Å². The normalized spacial score (nSPS) is 14.5. The van der Waals surface area contributed by atoms with Gasteiger partial charge < -0.3 is 0 Å². The first-order valence-electron chi connectivity index (χ1n) is 9.16. The molecule has 0 nitrogen and oxygen atoms in total. The third kappa shape index (κ3) is 3.37. The minimum Gasteiger partial charge on any atom is -0.0843 e. The molecule has 0 amide bonds. The lowest BCUT2D eigenvalue weighted by Crippen LogP contribution is -2.20. The van der Waals surface area contributed by atoms with Gasteiger partial charge in [-0.2, -0.15) is 0 Å². The summed E-state index contributed by atoms with van der Waals surface area (Å²) in [5.41, 5.74) is 5.38. The van der Waals surface area contributed by atoms with E-state index in [1.54, 1.807) is 0 Å². The SMILES string of the molecule is CCCCCCCCC1(C)c2cc(Cl)ccc2-c2ccc(Cl)cc21. The molecule has 0 fully saturated rings. The van der Waals surface area contributed by atoms with E-state index in [1.165, 1.54) is 60.8 Å². The lowest BCUT2D eigenvalue weighted by atomic mass is 9.76. The first kappa shape index (κ1) is 17.8. The van der Waals surface area contributed by atoms with E-state index in [9.17, 15) is 0 Å². The van der Waals surface area contributed by atoms with Crippen molar-refractivity contribution in [3.63, 3.8) is 0 Å². The molecular formula is C22H26Cl2. The monoisotopic (exact) mass is 360 g/mol. The highest BCUT2D eigenvalue weighted by atomic mass is 35.5. The fourth-order valence-corrected chi connectivity index (χ4v) is 4.43. The van der Waals surface area contributed by atoms with E-state index in [-0.39, 0.29) is 5.41 Å². The van der Waals surface area contributed by atoms with Crippen molar-refractivity contribution in [1.29, 1.82) is 0 Å². The van der Waals surface area contributed by atoms with Crippen LogP contribution in [0.1, 0.15) is 69.9 Å². The molecular weight excluding hydrogens is 335 g/mol. The molecule has 0 aromatic heterocycles. The molecule has 0 saturated heterocycles. The Hall–Kier alpha value is -0.980. The molecule has 0 bridgehead atoms. The molecule has 0 N–H and O–H groups in total. The number of fused-ring (bicyclic) bond motifs is 3. The summed E-state index contributed by atoms with van der Waals surface area (Å²) in [5, 5.41) is 1.64. The van der Waals surface area contributed by atoms with Crippen LogP contribution in [-0.2, 0) is 5.41 Å². The van der Waals surface area contributed by atoms with E-state index in [4.69, 9.17) is 23.2 Å². The highest BCUT2D eigenvalue weighted by Gasteiger charge is 2.38. The van der Waals surface area contributed by atoms with Crippen molar-refractivity contribution < 1.29 is 0 Å². The van der Waals surface area contributed by atoms with E-state index in [0.717, 1.165) is 16.5 Å². The van der Waals surface area contributed by atoms with E-state index < -0.39 is 0 Å². The minimum atomic E-state index is 0.0191. The standard InChI is InChI=1S/C22H26Cl2/c1-3-4-5-6-7-8-13-22(2)20-14-16(23)9-11-18(20)19-12-10-17(24)15-21(19)22/h9-12,14-15H,3-8,13H2,1-2H3. The number of rotatable bonds is 7. The maximum absolute atomic E-state index is 6.32. The second-order valence-electron chi connectivity index (χ2n) is 7.23. The molecule has 128 valence electrons. The minimum absolute atomic E-state index is 0.0191. The Kier molecular flexibility index (Phi) is 5.57. The summed E-state index contributed by atoms with van der Waals surface area (Å²) in [5.74, 6) is 0. The van der Waals surface area contributed by atoms with Gasteiger partial charge in [0.25, 0.3) is 0 Å². The molecule has 0 aliphatic heterocycles. The summed E-state index contributed by atoms with van der Waals surface area (Å²) in [4.78, 5) is 0. The zero-order chi connectivity index (χ0) is 17.2. The summed E-state index contributed by atoms with van der Waals surface area (Å²) in [6.07, 6.45) is 9.07. The molecule has 1 aliphatic carbocycles. The van der Waals surface area contributed by atoms with E-state index >= 15 is 0 Å². The van der Waals surface area contributed by atoms with Crippen LogP contribution < -0.4 is 0 Å². The van der Waals surface area contributed by atoms with Gasteiger partial charge in [0.2, 0.25) is 0 Å². The Morgan fingerprint density at radius 3 is 1.79 bits per heavy atom. The van der Waals surface area contributed by atoms with Crippen LogP contribution >= 0.6 is 23.2 Å². The Bertz CT molecular complexity index is 666. The quantitative estimate of drug-likeness (QED) is 0.438. The maximum atomic E-state index is 6.32. The van der Waals surface area contributed by atoms with Gasteiger partial charge in [0.1, 0.15) is 0 Å². The summed E-state index contributed by atoms with van der Waals surface area (Å²) >= 11 is 12.6. The second kappa shape index (κ2) is 7.50. The van der Waals surface area contributed by atoms with Gasteiger partial charge >= 0.3 is 0 Å². The van der Waals surface area contributed by atoms with Crippen LogP contribution in [0.15, 0.2) is 36.4 Å². The molecule has 0 spiro atoms. The summed E-state index contributed by atoms with van der Waals surface area (Å²) in [6, 6.07) is 12.6. The van der Waals surface area contributed by atoms with Gasteiger partial charge in [-0.25, -0.2) is 0 Å². The van der Waals surface area contributed by atoms with Crippen LogP contribution in [0.3, 0.4) is 0 Å². The van der Waals surface area contributed by atoms with E-state index in [1.807, 2.05) is 12.1 Å². The molecule has 0 radical (unpaired) electrons. The van der Waals surface area contributed by atoms with Crippen LogP contribution in [0.5, 0.6) is 0 Å². The molecule has 0 heterocycles. The van der Waals surface area contributed by atoms with Crippen molar-refractivity contribution in [2.24, 2.45) is 0 Å². The molecule has 1 aliphatic rings. The summed E-state index contributed by atoms with van der Waals surface area (Å²) in [6.45, 7) is 4.62.